The summed E-state index contributed by atoms with van der Waals surface area (Å²) in [5.41, 5.74) is 0.430. The van der Waals surface area contributed by atoms with Crippen molar-refractivity contribution < 1.29 is 29.0 Å². The summed E-state index contributed by atoms with van der Waals surface area (Å²) in [6, 6.07) is 6.81. The van der Waals surface area contributed by atoms with Crippen LogP contribution < -0.4 is 16.0 Å². The van der Waals surface area contributed by atoms with Gasteiger partial charge in [-0.05, 0) is 45.0 Å². The molecule has 0 aliphatic rings. The summed E-state index contributed by atoms with van der Waals surface area (Å²) in [7, 11) is 0. The van der Waals surface area contributed by atoms with Gasteiger partial charge in [-0.1, -0.05) is 6.58 Å². The van der Waals surface area contributed by atoms with Crippen LogP contribution >= 0.6 is 11.3 Å². The van der Waals surface area contributed by atoms with Gasteiger partial charge in [-0.3, -0.25) is 19.7 Å². The number of carbonyl (C=O) groups excluding carboxylic acids is 3. The van der Waals surface area contributed by atoms with Gasteiger partial charge in [-0.25, -0.2) is 9.78 Å². The Kier molecular flexibility index (Phi) is 7.48. The number of carboxylic acids is 1. The quantitative estimate of drug-likeness (QED) is 0.478. The topological polar surface area (TPSA) is 147 Å². The minimum atomic E-state index is -1.22. The standard InChI is InChI=1S/C20H22N4O6S/c1-11(16(27)21-9-15(25)26)22-17(28)14-10-31-18(24-14)12-5-7-13(8-6-12)23-19(29)30-20(2,3)4/h5-8,10H,1,9H2,2-4H3,(H,21,27)(H,22,28)(H,23,29)(H,25,26). The first-order valence-corrected chi connectivity index (χ1v) is 9.89. The summed E-state index contributed by atoms with van der Waals surface area (Å²) in [5.74, 6) is -2.68. The van der Waals surface area contributed by atoms with Gasteiger partial charge in [-0.2, -0.15) is 0 Å². The van der Waals surface area contributed by atoms with Crippen molar-refractivity contribution in [2.24, 2.45) is 0 Å². The smallest absolute Gasteiger partial charge is 0.412 e. The molecular formula is C20H22N4O6S. The van der Waals surface area contributed by atoms with E-state index in [1.54, 1.807) is 45.0 Å². The number of aromatic nitrogens is 1. The van der Waals surface area contributed by atoms with Gasteiger partial charge in [-0.15, -0.1) is 11.3 Å². The zero-order valence-electron chi connectivity index (χ0n) is 17.1. The number of aliphatic carboxylic acids is 1. The zero-order valence-corrected chi connectivity index (χ0v) is 18.0. The molecule has 31 heavy (non-hydrogen) atoms. The summed E-state index contributed by atoms with van der Waals surface area (Å²) in [6.45, 7) is 8.13. The molecule has 3 amide bonds. The highest BCUT2D eigenvalue weighted by Crippen LogP contribution is 2.25. The molecule has 0 fully saturated rings. The van der Waals surface area contributed by atoms with Crippen molar-refractivity contribution in [2.75, 3.05) is 11.9 Å². The van der Waals surface area contributed by atoms with E-state index in [4.69, 9.17) is 9.84 Å². The van der Waals surface area contributed by atoms with Crippen LogP contribution in [-0.2, 0) is 14.3 Å². The molecule has 0 spiro atoms. The van der Waals surface area contributed by atoms with Crippen molar-refractivity contribution in [1.82, 2.24) is 15.6 Å². The van der Waals surface area contributed by atoms with E-state index in [2.05, 4.69) is 27.5 Å². The lowest BCUT2D eigenvalue weighted by Gasteiger charge is -2.19. The van der Waals surface area contributed by atoms with Crippen LogP contribution in [0.25, 0.3) is 10.6 Å². The van der Waals surface area contributed by atoms with Crippen molar-refractivity contribution in [2.45, 2.75) is 26.4 Å². The third kappa shape index (κ3) is 7.55. The first kappa shape index (κ1) is 23.5. The van der Waals surface area contributed by atoms with Crippen LogP contribution in [0.2, 0.25) is 0 Å². The number of anilines is 1. The number of rotatable bonds is 7. The predicted octanol–water partition coefficient (Wildman–Crippen LogP) is 2.60. The van der Waals surface area contributed by atoms with Crippen LogP contribution in [0, 0.1) is 0 Å². The van der Waals surface area contributed by atoms with Gasteiger partial charge in [0.05, 0.1) is 5.70 Å². The summed E-state index contributed by atoms with van der Waals surface area (Å²) < 4.78 is 5.19. The van der Waals surface area contributed by atoms with Gasteiger partial charge in [0.15, 0.2) is 0 Å². The van der Waals surface area contributed by atoms with Crippen LogP contribution in [0.3, 0.4) is 0 Å². The number of benzene rings is 1. The second-order valence-electron chi connectivity index (χ2n) is 7.25. The monoisotopic (exact) mass is 446 g/mol. The van der Waals surface area contributed by atoms with Gasteiger partial charge in [0, 0.05) is 16.6 Å². The predicted molar refractivity (Wildman–Crippen MR) is 115 cm³/mol. The largest absolute Gasteiger partial charge is 0.480 e. The maximum atomic E-state index is 12.2. The first-order valence-electron chi connectivity index (χ1n) is 9.01. The highest BCUT2D eigenvalue weighted by atomic mass is 32.1. The second kappa shape index (κ2) is 9.85. The third-order valence-electron chi connectivity index (χ3n) is 3.45. The Morgan fingerprint density at radius 1 is 1.16 bits per heavy atom. The van der Waals surface area contributed by atoms with Crippen molar-refractivity contribution in [1.29, 1.82) is 0 Å². The van der Waals surface area contributed by atoms with Gasteiger partial charge in [0.2, 0.25) is 0 Å². The molecule has 164 valence electrons. The van der Waals surface area contributed by atoms with Gasteiger partial charge >= 0.3 is 12.1 Å². The molecule has 2 aromatic rings. The molecule has 2 rings (SSSR count). The molecule has 0 saturated carbocycles. The van der Waals surface area contributed by atoms with E-state index in [0.717, 1.165) is 5.56 Å². The molecule has 0 radical (unpaired) electrons. The maximum absolute atomic E-state index is 12.2. The number of hydrogen-bond acceptors (Lipinski definition) is 7. The van der Waals surface area contributed by atoms with Gasteiger partial charge < -0.3 is 20.5 Å². The lowest BCUT2D eigenvalue weighted by atomic mass is 10.2. The number of carboxylic acid groups (broad SMARTS) is 1. The summed E-state index contributed by atoms with van der Waals surface area (Å²) in [6.07, 6.45) is -0.568. The number of thiazole rings is 1. The summed E-state index contributed by atoms with van der Waals surface area (Å²) in [4.78, 5) is 50.4. The Balaban J connectivity index is 1.98. The molecule has 0 unspecified atom stereocenters. The van der Waals surface area contributed by atoms with E-state index < -0.39 is 36.0 Å². The summed E-state index contributed by atoms with van der Waals surface area (Å²) in [5, 5.41) is 17.6. The van der Waals surface area contributed by atoms with Crippen molar-refractivity contribution in [3.8, 4) is 10.6 Å². The fourth-order valence-electron chi connectivity index (χ4n) is 2.15. The molecule has 0 aliphatic heterocycles. The summed E-state index contributed by atoms with van der Waals surface area (Å²) >= 11 is 1.22. The molecule has 0 aliphatic carbocycles. The van der Waals surface area contributed by atoms with E-state index in [0.29, 0.717) is 10.7 Å². The Hall–Kier alpha value is -3.73. The molecule has 0 saturated heterocycles. The Morgan fingerprint density at radius 3 is 2.39 bits per heavy atom. The van der Waals surface area contributed by atoms with Crippen LogP contribution in [-0.4, -0.2) is 46.1 Å². The van der Waals surface area contributed by atoms with Crippen LogP contribution in [0.4, 0.5) is 10.5 Å². The molecule has 1 aromatic carbocycles. The maximum Gasteiger partial charge on any atom is 0.412 e. The third-order valence-corrected chi connectivity index (χ3v) is 4.34. The molecule has 0 atom stereocenters. The van der Waals surface area contributed by atoms with E-state index in [1.165, 1.54) is 16.7 Å². The minimum Gasteiger partial charge on any atom is -0.480 e. The zero-order chi connectivity index (χ0) is 23.2. The lowest BCUT2D eigenvalue weighted by molar-refractivity contribution is -0.137. The number of nitrogens with zero attached hydrogens (tertiary/aromatic N) is 1. The number of nitrogens with one attached hydrogen (secondary N) is 3. The average Bonchev–Trinajstić information content (AvgIpc) is 3.15. The molecule has 1 aromatic heterocycles. The fraction of sp³-hybridized carbons (Fsp3) is 0.250. The number of ether oxygens (including phenoxy) is 1. The Labute approximate surface area is 182 Å². The molecule has 4 N–H and O–H groups in total. The Bertz CT molecular complexity index is 1010. The second-order valence-corrected chi connectivity index (χ2v) is 8.11. The normalized spacial score (nSPS) is 10.7. The lowest BCUT2D eigenvalue weighted by Crippen LogP contribution is -2.36. The van der Waals surface area contributed by atoms with Crippen LogP contribution in [0.15, 0.2) is 41.9 Å². The van der Waals surface area contributed by atoms with E-state index in [9.17, 15) is 19.2 Å². The van der Waals surface area contributed by atoms with Crippen molar-refractivity contribution in [3.63, 3.8) is 0 Å². The molecule has 11 heteroatoms. The molecule has 1 heterocycles. The SMILES string of the molecule is C=C(NC(=O)c1csc(-c2ccc(NC(=O)OC(C)(C)C)cc2)n1)C(=O)NCC(=O)O. The van der Waals surface area contributed by atoms with Gasteiger partial charge in [0.25, 0.3) is 11.8 Å². The fourth-order valence-corrected chi connectivity index (χ4v) is 2.95. The minimum absolute atomic E-state index is 0.0724. The number of carbonyl (C=O) groups is 4. The molecular weight excluding hydrogens is 424 g/mol. The van der Waals surface area contributed by atoms with E-state index >= 15 is 0 Å². The highest BCUT2D eigenvalue weighted by molar-refractivity contribution is 7.13. The average molecular weight is 446 g/mol. The first-order chi connectivity index (χ1) is 14.4. The van der Waals surface area contributed by atoms with Gasteiger partial charge in [0.1, 0.15) is 22.8 Å². The van der Waals surface area contributed by atoms with E-state index in [-0.39, 0.29) is 11.4 Å². The number of hydrogen-bond donors (Lipinski definition) is 4. The number of amides is 3. The van der Waals surface area contributed by atoms with Crippen LogP contribution in [0.5, 0.6) is 0 Å². The van der Waals surface area contributed by atoms with Crippen LogP contribution in [0.1, 0.15) is 31.3 Å². The van der Waals surface area contributed by atoms with E-state index in [1.807, 2.05) is 0 Å². The molecule has 0 bridgehead atoms. The highest BCUT2D eigenvalue weighted by Gasteiger charge is 2.17. The molecule has 10 nitrogen and oxygen atoms in total. The van der Waals surface area contributed by atoms with Crippen molar-refractivity contribution >= 4 is 40.9 Å². The van der Waals surface area contributed by atoms with Crippen molar-refractivity contribution in [3.05, 3.63) is 47.6 Å². The Morgan fingerprint density at radius 2 is 1.81 bits per heavy atom.